The Morgan fingerprint density at radius 2 is 1.55 bits per heavy atom. The molecule has 0 bridgehead atoms. The molecule has 0 amide bonds. The van der Waals surface area contributed by atoms with Gasteiger partial charge >= 0.3 is 0 Å². The number of hydrogen-bond acceptors (Lipinski definition) is 6. The quantitative estimate of drug-likeness (QED) is 0.230. The molecule has 1 heterocycles. The second-order valence-electron chi connectivity index (χ2n) is 7.30. The maximum Gasteiger partial charge on any atom is 0.191 e. The van der Waals surface area contributed by atoms with Gasteiger partial charge in [0, 0.05) is 12.1 Å². The van der Waals surface area contributed by atoms with Crippen molar-refractivity contribution in [2.75, 3.05) is 12.9 Å². The van der Waals surface area contributed by atoms with Crippen LogP contribution in [-0.2, 0) is 19.6 Å². The molecule has 0 fully saturated rings. The lowest BCUT2D eigenvalue weighted by molar-refractivity contribution is 0.102. The first-order valence-corrected chi connectivity index (χ1v) is 11.7. The maximum atomic E-state index is 12.6. The maximum absolute atomic E-state index is 12.6. The fraction of sp³-hybridized carbons (Fsp3) is 0.192. The van der Waals surface area contributed by atoms with Crippen LogP contribution >= 0.6 is 11.8 Å². The molecule has 4 rings (SSSR count). The molecule has 0 aliphatic heterocycles. The molecule has 0 unspecified atom stereocenters. The Hall–Kier alpha value is -3.58. The van der Waals surface area contributed by atoms with Gasteiger partial charge in [-0.05, 0) is 24.1 Å². The largest absolute Gasteiger partial charge is 0.493 e. The van der Waals surface area contributed by atoms with Crippen molar-refractivity contribution < 1.29 is 14.3 Å². The van der Waals surface area contributed by atoms with Crippen molar-refractivity contribution in [3.05, 3.63) is 102 Å². The highest BCUT2D eigenvalue weighted by Gasteiger charge is 2.16. The summed E-state index contributed by atoms with van der Waals surface area (Å²) in [5.41, 5.74) is 1.92. The number of methoxy groups -OCH3 is 1. The van der Waals surface area contributed by atoms with Crippen molar-refractivity contribution in [1.29, 1.82) is 0 Å². The lowest BCUT2D eigenvalue weighted by atomic mass is 10.1. The van der Waals surface area contributed by atoms with E-state index in [4.69, 9.17) is 9.47 Å². The molecule has 0 saturated heterocycles. The molecule has 0 aliphatic rings. The third-order valence-electron chi connectivity index (χ3n) is 5.11. The van der Waals surface area contributed by atoms with Crippen LogP contribution in [0.3, 0.4) is 0 Å². The number of carbonyl (C=O) groups is 1. The highest BCUT2D eigenvalue weighted by Crippen LogP contribution is 2.27. The number of thioether (sulfide) groups is 1. The standard InChI is InChI=1S/C26H25N3O3S/c1-31-23-14-8-9-15-24(23)32-18-25-27-28-26(29(25)17-16-20-10-4-2-5-11-20)33-19-22(30)21-12-6-3-7-13-21/h2-15H,16-19H2,1H3. The van der Waals surface area contributed by atoms with E-state index < -0.39 is 0 Å². The smallest absolute Gasteiger partial charge is 0.191 e. The van der Waals surface area contributed by atoms with Crippen LogP contribution in [-0.4, -0.2) is 33.4 Å². The first kappa shape index (κ1) is 22.6. The van der Waals surface area contributed by atoms with Gasteiger partial charge < -0.3 is 14.0 Å². The predicted octanol–water partition coefficient (Wildman–Crippen LogP) is 5.08. The van der Waals surface area contributed by atoms with Gasteiger partial charge in [-0.15, -0.1) is 10.2 Å². The Balaban J connectivity index is 1.50. The Kier molecular flexibility index (Phi) is 7.76. The molecular weight excluding hydrogens is 434 g/mol. The van der Waals surface area contributed by atoms with Gasteiger partial charge in [0.2, 0.25) is 0 Å². The van der Waals surface area contributed by atoms with E-state index in [1.807, 2.05) is 77.4 Å². The van der Waals surface area contributed by atoms with Crippen molar-refractivity contribution in [3.8, 4) is 11.5 Å². The van der Waals surface area contributed by atoms with Gasteiger partial charge in [0.05, 0.1) is 12.9 Å². The average molecular weight is 460 g/mol. The summed E-state index contributed by atoms with van der Waals surface area (Å²) in [6.45, 7) is 0.929. The van der Waals surface area contributed by atoms with E-state index in [9.17, 15) is 4.79 Å². The van der Waals surface area contributed by atoms with Gasteiger partial charge in [-0.3, -0.25) is 4.79 Å². The van der Waals surface area contributed by atoms with Gasteiger partial charge in [0.25, 0.3) is 0 Å². The number of benzene rings is 3. The van der Waals surface area contributed by atoms with E-state index in [1.54, 1.807) is 7.11 Å². The number of Topliss-reactive ketones (excluding diaryl/α,β-unsaturated/α-hetero) is 1. The number of nitrogens with zero attached hydrogens (tertiary/aromatic N) is 3. The van der Waals surface area contributed by atoms with Crippen LogP contribution in [0.25, 0.3) is 0 Å². The summed E-state index contributed by atoms with van der Waals surface area (Å²) < 4.78 is 13.4. The lowest BCUT2D eigenvalue weighted by Crippen LogP contribution is -2.11. The minimum absolute atomic E-state index is 0.0602. The van der Waals surface area contributed by atoms with E-state index in [0.717, 1.165) is 6.42 Å². The molecule has 168 valence electrons. The molecule has 4 aromatic rings. The van der Waals surface area contributed by atoms with Crippen LogP contribution in [0.4, 0.5) is 0 Å². The number of hydrogen-bond donors (Lipinski definition) is 0. The van der Waals surface area contributed by atoms with Crippen LogP contribution in [0, 0.1) is 0 Å². The molecule has 1 aromatic heterocycles. The zero-order valence-electron chi connectivity index (χ0n) is 18.4. The fourth-order valence-electron chi connectivity index (χ4n) is 3.36. The average Bonchev–Trinajstić information content (AvgIpc) is 3.27. The van der Waals surface area contributed by atoms with Crippen molar-refractivity contribution >= 4 is 17.5 Å². The lowest BCUT2D eigenvalue weighted by Gasteiger charge is -2.12. The first-order chi connectivity index (χ1) is 16.2. The van der Waals surface area contributed by atoms with E-state index in [1.165, 1.54) is 17.3 Å². The summed E-state index contributed by atoms with van der Waals surface area (Å²) in [7, 11) is 1.61. The van der Waals surface area contributed by atoms with E-state index >= 15 is 0 Å². The number of aromatic nitrogens is 3. The van der Waals surface area contributed by atoms with E-state index in [0.29, 0.717) is 40.3 Å². The van der Waals surface area contributed by atoms with Crippen molar-refractivity contribution in [2.24, 2.45) is 0 Å². The van der Waals surface area contributed by atoms with Crippen molar-refractivity contribution in [1.82, 2.24) is 14.8 Å². The van der Waals surface area contributed by atoms with Gasteiger partial charge in [-0.1, -0.05) is 84.6 Å². The van der Waals surface area contributed by atoms with E-state index in [-0.39, 0.29) is 12.4 Å². The number of ketones is 1. The highest BCUT2D eigenvalue weighted by molar-refractivity contribution is 7.99. The monoisotopic (exact) mass is 459 g/mol. The topological polar surface area (TPSA) is 66.2 Å². The molecule has 0 N–H and O–H groups in total. The van der Waals surface area contributed by atoms with Crippen LogP contribution in [0.15, 0.2) is 90.1 Å². The fourth-order valence-corrected chi connectivity index (χ4v) is 4.24. The van der Waals surface area contributed by atoms with Crippen LogP contribution in [0.2, 0.25) is 0 Å². The van der Waals surface area contributed by atoms with Gasteiger partial charge in [0.1, 0.15) is 6.61 Å². The number of aryl methyl sites for hydroxylation is 1. The summed E-state index contributed by atoms with van der Waals surface area (Å²) in [6, 6.07) is 27.1. The Bertz CT molecular complexity index is 1180. The molecule has 0 spiro atoms. The SMILES string of the molecule is COc1ccccc1OCc1nnc(SCC(=O)c2ccccc2)n1CCc1ccccc1. The summed E-state index contributed by atoms with van der Waals surface area (Å²) in [6.07, 6.45) is 0.820. The zero-order valence-corrected chi connectivity index (χ0v) is 19.2. The summed E-state index contributed by atoms with van der Waals surface area (Å²) in [4.78, 5) is 12.6. The number of ether oxygens (including phenoxy) is 2. The first-order valence-electron chi connectivity index (χ1n) is 10.7. The molecule has 0 aliphatic carbocycles. The molecule has 6 nitrogen and oxygen atoms in total. The van der Waals surface area contributed by atoms with Crippen molar-refractivity contribution in [3.63, 3.8) is 0 Å². The van der Waals surface area contributed by atoms with Gasteiger partial charge in [-0.25, -0.2) is 0 Å². The minimum Gasteiger partial charge on any atom is -0.493 e. The second kappa shape index (κ2) is 11.3. The van der Waals surface area contributed by atoms with E-state index in [2.05, 4.69) is 22.3 Å². The number of para-hydroxylation sites is 2. The van der Waals surface area contributed by atoms with Gasteiger partial charge in [-0.2, -0.15) is 0 Å². The number of rotatable bonds is 11. The Labute approximate surface area is 197 Å². The van der Waals surface area contributed by atoms with Crippen LogP contribution < -0.4 is 9.47 Å². The molecule has 33 heavy (non-hydrogen) atoms. The third kappa shape index (κ3) is 6.02. The molecule has 0 atom stereocenters. The highest BCUT2D eigenvalue weighted by atomic mass is 32.2. The predicted molar refractivity (Wildman–Crippen MR) is 129 cm³/mol. The second-order valence-corrected chi connectivity index (χ2v) is 8.25. The third-order valence-corrected chi connectivity index (χ3v) is 6.08. The number of carbonyl (C=O) groups excluding carboxylic acids is 1. The van der Waals surface area contributed by atoms with Crippen LogP contribution in [0.1, 0.15) is 21.7 Å². The molecular formula is C26H25N3O3S. The summed E-state index contributed by atoms with van der Waals surface area (Å²) in [5, 5.41) is 9.43. The summed E-state index contributed by atoms with van der Waals surface area (Å²) in [5.74, 6) is 2.36. The van der Waals surface area contributed by atoms with Crippen LogP contribution in [0.5, 0.6) is 11.5 Å². The molecule has 0 saturated carbocycles. The Morgan fingerprint density at radius 1 is 0.879 bits per heavy atom. The van der Waals surface area contributed by atoms with Gasteiger partial charge in [0.15, 0.2) is 28.3 Å². The zero-order chi connectivity index (χ0) is 22.9. The normalized spacial score (nSPS) is 10.7. The molecule has 3 aromatic carbocycles. The Morgan fingerprint density at radius 3 is 2.27 bits per heavy atom. The van der Waals surface area contributed by atoms with Crippen molar-refractivity contribution in [2.45, 2.75) is 24.7 Å². The molecule has 7 heteroatoms. The molecule has 0 radical (unpaired) electrons. The summed E-state index contributed by atoms with van der Waals surface area (Å²) >= 11 is 1.39. The minimum atomic E-state index is 0.0602.